The largest absolute Gasteiger partial charge is 0.487 e. The molecule has 0 aliphatic heterocycles. The Bertz CT molecular complexity index is 493. The van der Waals surface area contributed by atoms with E-state index in [1.54, 1.807) is 6.07 Å². The van der Waals surface area contributed by atoms with Gasteiger partial charge >= 0.3 is 5.97 Å². The molecule has 1 aromatic carbocycles. The van der Waals surface area contributed by atoms with Crippen molar-refractivity contribution in [1.82, 2.24) is 0 Å². The molecule has 0 spiro atoms. The molecular formula is C12H12FNO4. The highest BCUT2D eigenvalue weighted by Crippen LogP contribution is 2.19. The number of aliphatic hydroxyl groups is 1. The van der Waals surface area contributed by atoms with Gasteiger partial charge in [-0.25, -0.2) is 9.18 Å². The molecule has 0 fully saturated rings. The maximum Gasteiger partial charge on any atom is 0.341 e. The highest BCUT2D eigenvalue weighted by atomic mass is 19.1. The van der Waals surface area contributed by atoms with Crippen molar-refractivity contribution in [2.75, 3.05) is 13.7 Å². The van der Waals surface area contributed by atoms with Crippen molar-refractivity contribution < 1.29 is 23.8 Å². The Morgan fingerprint density at radius 3 is 2.78 bits per heavy atom. The number of rotatable bonds is 4. The van der Waals surface area contributed by atoms with E-state index in [0.29, 0.717) is 0 Å². The lowest BCUT2D eigenvalue weighted by Crippen LogP contribution is -2.42. The molecule has 1 aromatic rings. The number of hydrogen-bond acceptors (Lipinski definition) is 5. The van der Waals surface area contributed by atoms with E-state index in [4.69, 9.17) is 10.00 Å². The topological polar surface area (TPSA) is 79.6 Å². The van der Waals surface area contributed by atoms with E-state index in [1.165, 1.54) is 19.1 Å². The second kappa shape index (κ2) is 5.47. The van der Waals surface area contributed by atoms with Gasteiger partial charge in [0.1, 0.15) is 6.61 Å². The molecule has 0 saturated heterocycles. The van der Waals surface area contributed by atoms with Crippen molar-refractivity contribution in [3.63, 3.8) is 0 Å². The monoisotopic (exact) mass is 253 g/mol. The van der Waals surface area contributed by atoms with Crippen LogP contribution in [0.3, 0.4) is 0 Å². The van der Waals surface area contributed by atoms with Crippen LogP contribution in [0.15, 0.2) is 18.2 Å². The Kier molecular flexibility index (Phi) is 4.23. The summed E-state index contributed by atoms with van der Waals surface area (Å²) in [6, 6.07) is 5.40. The number of halogens is 1. The van der Waals surface area contributed by atoms with Crippen LogP contribution >= 0.6 is 0 Å². The van der Waals surface area contributed by atoms with E-state index >= 15 is 0 Å². The molecular weight excluding hydrogens is 241 g/mol. The SMILES string of the molecule is COC(=O)C(C)(O)COc1ccc(C#N)cc1F. The molecule has 0 aromatic heterocycles. The fraction of sp³-hybridized carbons (Fsp3) is 0.333. The molecule has 96 valence electrons. The smallest absolute Gasteiger partial charge is 0.341 e. The van der Waals surface area contributed by atoms with E-state index in [2.05, 4.69) is 4.74 Å². The Hall–Kier alpha value is -2.13. The summed E-state index contributed by atoms with van der Waals surface area (Å²) in [7, 11) is 1.12. The van der Waals surface area contributed by atoms with Crippen molar-refractivity contribution in [2.45, 2.75) is 12.5 Å². The third-order valence-corrected chi connectivity index (χ3v) is 2.19. The highest BCUT2D eigenvalue weighted by molar-refractivity contribution is 5.78. The van der Waals surface area contributed by atoms with Gasteiger partial charge in [-0.3, -0.25) is 0 Å². The minimum Gasteiger partial charge on any atom is -0.487 e. The standard InChI is InChI=1S/C12H12FNO4/c1-12(16,11(15)17-2)7-18-10-4-3-8(6-14)5-9(10)13/h3-5,16H,7H2,1-2H3. The molecule has 18 heavy (non-hydrogen) atoms. The first-order valence-corrected chi connectivity index (χ1v) is 5.04. The van der Waals surface area contributed by atoms with Crippen LogP contribution in [0.1, 0.15) is 12.5 Å². The zero-order valence-corrected chi connectivity index (χ0v) is 9.94. The summed E-state index contributed by atoms with van der Waals surface area (Å²) in [6.45, 7) is 0.739. The van der Waals surface area contributed by atoms with Crippen molar-refractivity contribution in [3.8, 4) is 11.8 Å². The molecule has 0 aliphatic rings. The molecule has 0 radical (unpaired) electrons. The minimum atomic E-state index is -1.87. The molecule has 6 heteroatoms. The van der Waals surface area contributed by atoms with Crippen LogP contribution in [-0.2, 0) is 9.53 Å². The third kappa shape index (κ3) is 3.18. The van der Waals surface area contributed by atoms with Crippen LogP contribution in [0, 0.1) is 17.1 Å². The van der Waals surface area contributed by atoms with Crippen LogP contribution in [0.25, 0.3) is 0 Å². The summed E-state index contributed by atoms with van der Waals surface area (Å²) in [5, 5.41) is 18.2. The molecule has 1 unspecified atom stereocenters. The van der Waals surface area contributed by atoms with Crippen LogP contribution < -0.4 is 4.74 Å². The number of benzene rings is 1. The van der Waals surface area contributed by atoms with Crippen molar-refractivity contribution in [3.05, 3.63) is 29.6 Å². The molecule has 0 aliphatic carbocycles. The second-order valence-corrected chi connectivity index (χ2v) is 3.81. The zero-order valence-electron chi connectivity index (χ0n) is 9.94. The molecule has 1 N–H and O–H groups in total. The molecule has 1 atom stereocenters. The number of carbonyl (C=O) groups excluding carboxylic acids is 1. The van der Waals surface area contributed by atoms with Crippen LogP contribution in [0.4, 0.5) is 4.39 Å². The Balaban J connectivity index is 2.76. The normalized spacial score (nSPS) is 13.3. The average molecular weight is 253 g/mol. The number of nitrogens with zero attached hydrogens (tertiary/aromatic N) is 1. The number of ether oxygens (including phenoxy) is 2. The molecule has 0 amide bonds. The van der Waals surface area contributed by atoms with Gasteiger partial charge in [-0.15, -0.1) is 0 Å². The third-order valence-electron chi connectivity index (χ3n) is 2.19. The Labute approximate surface area is 103 Å². The first kappa shape index (κ1) is 13.9. The Morgan fingerprint density at radius 2 is 2.28 bits per heavy atom. The van der Waals surface area contributed by atoms with E-state index < -0.39 is 24.0 Å². The molecule has 0 heterocycles. The lowest BCUT2D eigenvalue weighted by molar-refractivity contribution is -0.163. The second-order valence-electron chi connectivity index (χ2n) is 3.81. The summed E-state index contributed by atoms with van der Waals surface area (Å²) in [5.41, 5.74) is -1.71. The van der Waals surface area contributed by atoms with Gasteiger partial charge in [0.2, 0.25) is 0 Å². The number of methoxy groups -OCH3 is 1. The van der Waals surface area contributed by atoms with Crippen LogP contribution in [0.5, 0.6) is 5.75 Å². The van der Waals surface area contributed by atoms with Gasteiger partial charge in [-0.1, -0.05) is 0 Å². The number of esters is 1. The molecule has 5 nitrogen and oxygen atoms in total. The summed E-state index contributed by atoms with van der Waals surface area (Å²) in [6.07, 6.45) is 0. The van der Waals surface area contributed by atoms with E-state index in [0.717, 1.165) is 13.2 Å². The fourth-order valence-corrected chi connectivity index (χ4v) is 1.18. The highest BCUT2D eigenvalue weighted by Gasteiger charge is 2.32. The van der Waals surface area contributed by atoms with Gasteiger partial charge in [-0.05, 0) is 25.1 Å². The van der Waals surface area contributed by atoms with E-state index in [9.17, 15) is 14.3 Å². The predicted octanol–water partition coefficient (Wildman–Crippen LogP) is 1.00. The van der Waals surface area contributed by atoms with Crippen LogP contribution in [0.2, 0.25) is 0 Å². The molecule has 1 rings (SSSR count). The van der Waals surface area contributed by atoms with Crippen molar-refractivity contribution in [1.29, 1.82) is 5.26 Å². The van der Waals surface area contributed by atoms with Gasteiger partial charge in [0.25, 0.3) is 0 Å². The lowest BCUT2D eigenvalue weighted by atomic mass is 10.1. The maximum atomic E-state index is 13.4. The number of carbonyl (C=O) groups is 1. The quantitative estimate of drug-likeness (QED) is 0.810. The van der Waals surface area contributed by atoms with Crippen molar-refractivity contribution in [2.24, 2.45) is 0 Å². The molecule has 0 saturated carbocycles. The molecule has 0 bridgehead atoms. The van der Waals surface area contributed by atoms with Crippen LogP contribution in [-0.4, -0.2) is 30.4 Å². The minimum absolute atomic E-state index is 0.152. The van der Waals surface area contributed by atoms with E-state index in [1.807, 2.05) is 0 Å². The maximum absolute atomic E-state index is 13.4. The number of nitriles is 1. The van der Waals surface area contributed by atoms with Gasteiger partial charge in [0.15, 0.2) is 17.2 Å². The van der Waals surface area contributed by atoms with Gasteiger partial charge < -0.3 is 14.6 Å². The first-order valence-electron chi connectivity index (χ1n) is 5.04. The summed E-state index contributed by atoms with van der Waals surface area (Å²) < 4.78 is 22.8. The van der Waals surface area contributed by atoms with Gasteiger partial charge in [-0.2, -0.15) is 5.26 Å². The zero-order chi connectivity index (χ0) is 13.8. The average Bonchev–Trinajstić information content (AvgIpc) is 2.36. The Morgan fingerprint density at radius 1 is 1.61 bits per heavy atom. The summed E-state index contributed by atoms with van der Waals surface area (Å²) in [5.74, 6) is -1.77. The van der Waals surface area contributed by atoms with Gasteiger partial charge in [0.05, 0.1) is 18.7 Å². The lowest BCUT2D eigenvalue weighted by Gasteiger charge is -2.20. The van der Waals surface area contributed by atoms with E-state index in [-0.39, 0.29) is 11.3 Å². The van der Waals surface area contributed by atoms with Crippen molar-refractivity contribution >= 4 is 5.97 Å². The fourth-order valence-electron chi connectivity index (χ4n) is 1.18. The summed E-state index contributed by atoms with van der Waals surface area (Å²) in [4.78, 5) is 11.2. The number of hydrogen-bond donors (Lipinski definition) is 1. The summed E-state index contributed by atoms with van der Waals surface area (Å²) >= 11 is 0. The first-order chi connectivity index (χ1) is 8.40. The van der Waals surface area contributed by atoms with Gasteiger partial charge in [0, 0.05) is 0 Å². The predicted molar refractivity (Wildman–Crippen MR) is 59.2 cm³/mol.